The van der Waals surface area contributed by atoms with Crippen LogP contribution in [0.4, 0.5) is 0 Å². The summed E-state index contributed by atoms with van der Waals surface area (Å²) in [4.78, 5) is 2.51. The zero-order valence-electron chi connectivity index (χ0n) is 12.5. The molecule has 2 rings (SSSR count). The van der Waals surface area contributed by atoms with Gasteiger partial charge in [-0.3, -0.25) is 0 Å². The van der Waals surface area contributed by atoms with Crippen LogP contribution in [0.1, 0.15) is 36.8 Å². The highest BCUT2D eigenvalue weighted by Gasteiger charge is 2.24. The number of likely N-dealkylation sites (tertiary alicyclic amines) is 1. The second kappa shape index (κ2) is 6.29. The lowest BCUT2D eigenvalue weighted by Crippen LogP contribution is -2.34. The van der Waals surface area contributed by atoms with Crippen LogP contribution in [0.25, 0.3) is 0 Å². The van der Waals surface area contributed by atoms with E-state index in [2.05, 4.69) is 30.9 Å². The van der Waals surface area contributed by atoms with Gasteiger partial charge < -0.3 is 14.4 Å². The van der Waals surface area contributed by atoms with Gasteiger partial charge in [-0.25, -0.2) is 0 Å². The van der Waals surface area contributed by atoms with E-state index in [0.717, 1.165) is 30.2 Å². The van der Waals surface area contributed by atoms with Crippen LogP contribution in [-0.2, 0) is 0 Å². The smallest absolute Gasteiger partial charge is 0.122 e. The van der Waals surface area contributed by atoms with Gasteiger partial charge in [-0.15, -0.1) is 0 Å². The largest absolute Gasteiger partial charge is 0.496 e. The lowest BCUT2D eigenvalue weighted by Gasteiger charge is -2.33. The average Bonchev–Trinajstić information content (AvgIpc) is 2.46. The fraction of sp³-hybridized carbons (Fsp3) is 0.625. The summed E-state index contributed by atoms with van der Waals surface area (Å²) in [6.07, 6.45) is 2.50. The fourth-order valence-corrected chi connectivity index (χ4v) is 2.99. The third-order valence-electron chi connectivity index (χ3n) is 4.14. The molecule has 0 radical (unpaired) electrons. The van der Waals surface area contributed by atoms with Crippen molar-refractivity contribution >= 4 is 0 Å². The van der Waals surface area contributed by atoms with E-state index in [0.29, 0.717) is 5.92 Å². The van der Waals surface area contributed by atoms with Crippen LogP contribution >= 0.6 is 0 Å². The quantitative estimate of drug-likeness (QED) is 0.832. The van der Waals surface area contributed by atoms with Crippen LogP contribution in [0, 0.1) is 6.92 Å². The highest BCUT2D eigenvalue weighted by Crippen LogP contribution is 2.37. The van der Waals surface area contributed by atoms with E-state index in [1.165, 1.54) is 24.9 Å². The van der Waals surface area contributed by atoms with Gasteiger partial charge in [0.05, 0.1) is 14.2 Å². The molecule has 1 aliphatic heterocycles. The second-order valence-corrected chi connectivity index (χ2v) is 5.30. The highest BCUT2D eigenvalue weighted by molar-refractivity contribution is 5.47. The van der Waals surface area contributed by atoms with Gasteiger partial charge in [-0.1, -0.05) is 6.92 Å². The Morgan fingerprint density at radius 2 is 1.95 bits per heavy atom. The van der Waals surface area contributed by atoms with Crippen LogP contribution in [0.15, 0.2) is 12.1 Å². The molecule has 3 heteroatoms. The van der Waals surface area contributed by atoms with Crippen molar-refractivity contribution in [2.75, 3.05) is 33.9 Å². The van der Waals surface area contributed by atoms with Gasteiger partial charge in [-0.2, -0.15) is 0 Å². The number of hydrogen-bond donors (Lipinski definition) is 0. The van der Waals surface area contributed by atoms with Gasteiger partial charge in [-0.05, 0) is 50.6 Å². The molecule has 0 spiro atoms. The number of piperidine rings is 1. The molecule has 19 heavy (non-hydrogen) atoms. The van der Waals surface area contributed by atoms with Gasteiger partial charge >= 0.3 is 0 Å². The predicted molar refractivity (Wildman–Crippen MR) is 78.4 cm³/mol. The molecule has 0 N–H and O–H groups in total. The number of nitrogens with zero attached hydrogens (tertiary/aromatic N) is 1. The maximum absolute atomic E-state index is 5.57. The monoisotopic (exact) mass is 263 g/mol. The van der Waals surface area contributed by atoms with Crippen molar-refractivity contribution in [2.24, 2.45) is 0 Å². The number of aryl methyl sites for hydroxylation is 1. The van der Waals surface area contributed by atoms with Crippen LogP contribution in [0.3, 0.4) is 0 Å². The SMILES string of the molecule is CCN1CCC[C@@H](c2cc(OC)c(C)cc2OC)C1. The summed E-state index contributed by atoms with van der Waals surface area (Å²) in [6.45, 7) is 7.76. The van der Waals surface area contributed by atoms with Gasteiger partial charge in [0.25, 0.3) is 0 Å². The summed E-state index contributed by atoms with van der Waals surface area (Å²) in [5, 5.41) is 0. The summed E-state index contributed by atoms with van der Waals surface area (Å²) < 4.78 is 11.0. The van der Waals surface area contributed by atoms with E-state index < -0.39 is 0 Å². The Morgan fingerprint density at radius 1 is 1.21 bits per heavy atom. The number of hydrogen-bond acceptors (Lipinski definition) is 3. The minimum absolute atomic E-state index is 0.554. The lowest BCUT2D eigenvalue weighted by atomic mass is 9.89. The van der Waals surface area contributed by atoms with E-state index in [9.17, 15) is 0 Å². The molecule has 1 aromatic carbocycles. The number of ether oxygens (including phenoxy) is 2. The lowest BCUT2D eigenvalue weighted by molar-refractivity contribution is 0.215. The Bertz CT molecular complexity index is 431. The zero-order chi connectivity index (χ0) is 13.8. The normalized spacial score (nSPS) is 20.3. The fourth-order valence-electron chi connectivity index (χ4n) is 2.99. The summed E-state index contributed by atoms with van der Waals surface area (Å²) >= 11 is 0. The van der Waals surface area contributed by atoms with Crippen LogP contribution in [0.2, 0.25) is 0 Å². The zero-order valence-corrected chi connectivity index (χ0v) is 12.5. The van der Waals surface area contributed by atoms with Crippen molar-refractivity contribution in [3.63, 3.8) is 0 Å². The molecule has 1 aliphatic rings. The first-order chi connectivity index (χ1) is 9.19. The molecule has 106 valence electrons. The van der Waals surface area contributed by atoms with E-state index >= 15 is 0 Å². The average molecular weight is 263 g/mol. The predicted octanol–water partition coefficient (Wildman–Crippen LogP) is 3.21. The molecular formula is C16H25NO2. The number of likely N-dealkylation sites (N-methyl/N-ethyl adjacent to an activating group) is 1. The summed E-state index contributed by atoms with van der Waals surface area (Å²) in [5.74, 6) is 2.52. The highest BCUT2D eigenvalue weighted by atomic mass is 16.5. The molecule has 0 aliphatic carbocycles. The Morgan fingerprint density at radius 3 is 2.58 bits per heavy atom. The first kappa shape index (κ1) is 14.2. The Labute approximate surface area is 116 Å². The van der Waals surface area contributed by atoms with Gasteiger partial charge in [0.15, 0.2) is 0 Å². The first-order valence-electron chi connectivity index (χ1n) is 7.14. The van der Waals surface area contributed by atoms with Crippen molar-refractivity contribution in [1.29, 1.82) is 0 Å². The van der Waals surface area contributed by atoms with Crippen molar-refractivity contribution in [3.8, 4) is 11.5 Å². The Hall–Kier alpha value is -1.22. The van der Waals surface area contributed by atoms with E-state index in [1.54, 1.807) is 14.2 Å². The standard InChI is InChI=1S/C16H25NO2/c1-5-17-8-6-7-13(11-17)14-10-15(18-3)12(2)9-16(14)19-4/h9-10,13H,5-8,11H2,1-4H3/t13-/m1/s1. The maximum Gasteiger partial charge on any atom is 0.122 e. The molecule has 0 aromatic heterocycles. The Kier molecular flexibility index (Phi) is 4.70. The molecule has 0 amide bonds. The Balaban J connectivity index is 2.31. The van der Waals surface area contributed by atoms with Crippen molar-refractivity contribution < 1.29 is 9.47 Å². The van der Waals surface area contributed by atoms with E-state index in [1.807, 2.05) is 0 Å². The molecule has 1 saturated heterocycles. The second-order valence-electron chi connectivity index (χ2n) is 5.30. The van der Waals surface area contributed by atoms with Gasteiger partial charge in [0.1, 0.15) is 11.5 Å². The van der Waals surface area contributed by atoms with Crippen molar-refractivity contribution in [3.05, 3.63) is 23.3 Å². The third kappa shape index (κ3) is 3.03. The molecule has 0 bridgehead atoms. The third-order valence-corrected chi connectivity index (χ3v) is 4.14. The maximum atomic E-state index is 5.57. The summed E-state index contributed by atoms with van der Waals surface area (Å²) in [7, 11) is 3.49. The minimum Gasteiger partial charge on any atom is -0.496 e. The molecule has 0 unspecified atom stereocenters. The minimum atomic E-state index is 0.554. The summed E-state index contributed by atoms with van der Waals surface area (Å²) in [5.41, 5.74) is 2.43. The number of methoxy groups -OCH3 is 2. The number of rotatable bonds is 4. The van der Waals surface area contributed by atoms with Crippen LogP contribution < -0.4 is 9.47 Å². The van der Waals surface area contributed by atoms with Crippen molar-refractivity contribution in [1.82, 2.24) is 4.90 Å². The molecule has 1 aromatic rings. The molecule has 3 nitrogen and oxygen atoms in total. The molecule has 0 saturated carbocycles. The summed E-state index contributed by atoms with van der Waals surface area (Å²) in [6, 6.07) is 4.26. The molecule has 1 heterocycles. The molecule has 1 atom stereocenters. The van der Waals surface area contributed by atoms with Gasteiger partial charge in [0.2, 0.25) is 0 Å². The van der Waals surface area contributed by atoms with E-state index in [-0.39, 0.29) is 0 Å². The van der Waals surface area contributed by atoms with Gasteiger partial charge in [0, 0.05) is 18.0 Å². The molecule has 1 fully saturated rings. The number of benzene rings is 1. The molecular weight excluding hydrogens is 238 g/mol. The first-order valence-corrected chi connectivity index (χ1v) is 7.14. The van der Waals surface area contributed by atoms with Crippen LogP contribution in [-0.4, -0.2) is 38.8 Å². The van der Waals surface area contributed by atoms with Crippen LogP contribution in [0.5, 0.6) is 11.5 Å². The van der Waals surface area contributed by atoms with Crippen molar-refractivity contribution in [2.45, 2.75) is 32.6 Å². The van der Waals surface area contributed by atoms with E-state index in [4.69, 9.17) is 9.47 Å². The topological polar surface area (TPSA) is 21.7 Å².